The molecule has 5 nitrogen and oxygen atoms in total. The molecule has 0 fully saturated rings. The van der Waals surface area contributed by atoms with Gasteiger partial charge in [-0.2, -0.15) is 9.97 Å². The number of benzene rings is 1. The van der Waals surface area contributed by atoms with Crippen LogP contribution < -0.4 is 10.5 Å². The van der Waals surface area contributed by atoms with Crippen LogP contribution in [0.2, 0.25) is 0 Å². The van der Waals surface area contributed by atoms with Crippen LogP contribution in [0.15, 0.2) is 24.3 Å². The number of nitrogens with two attached hydrogens (primary N) is 1. The first-order chi connectivity index (χ1) is 9.21. The molecule has 1 heterocycles. The highest BCUT2D eigenvalue weighted by atomic mass is 35.5. The molecule has 0 radical (unpaired) electrons. The van der Waals surface area contributed by atoms with Crippen LogP contribution in [0.4, 0.5) is 5.95 Å². The average molecular weight is 277 g/mol. The van der Waals surface area contributed by atoms with E-state index >= 15 is 0 Å². The minimum Gasteiger partial charge on any atom is -0.497 e. The van der Waals surface area contributed by atoms with Gasteiger partial charge in [0, 0.05) is 0 Å². The molecular formula is C13H13ClN4O. The van der Waals surface area contributed by atoms with Crippen molar-refractivity contribution in [2.75, 3.05) is 12.8 Å². The van der Waals surface area contributed by atoms with Gasteiger partial charge in [0.15, 0.2) is 5.82 Å². The molecular weight excluding hydrogens is 264 g/mol. The van der Waals surface area contributed by atoms with E-state index in [0.29, 0.717) is 11.6 Å². The lowest BCUT2D eigenvalue weighted by molar-refractivity contribution is 0.415. The zero-order chi connectivity index (χ0) is 13.7. The molecule has 1 aromatic heterocycles. The van der Waals surface area contributed by atoms with E-state index in [4.69, 9.17) is 22.1 Å². The number of nitrogen functional groups attached to an aromatic ring is 1. The Morgan fingerprint density at radius 2 is 1.89 bits per heavy atom. The predicted octanol–water partition coefficient (Wildman–Crippen LogP) is 2.37. The van der Waals surface area contributed by atoms with Gasteiger partial charge in [0.05, 0.1) is 13.0 Å². The second-order valence-corrected chi connectivity index (χ2v) is 3.98. The van der Waals surface area contributed by atoms with Gasteiger partial charge in [-0.25, -0.2) is 4.98 Å². The van der Waals surface area contributed by atoms with E-state index in [0.717, 1.165) is 11.3 Å². The topological polar surface area (TPSA) is 73.9 Å². The smallest absolute Gasteiger partial charge is 0.223 e. The summed E-state index contributed by atoms with van der Waals surface area (Å²) in [6.45, 7) is 0. The second-order valence-electron chi connectivity index (χ2n) is 3.71. The quantitative estimate of drug-likeness (QED) is 0.868. The van der Waals surface area contributed by atoms with Crippen LogP contribution in [-0.2, 0) is 5.88 Å². The lowest BCUT2D eigenvalue weighted by atomic mass is 10.2. The third-order valence-corrected chi connectivity index (χ3v) is 2.62. The van der Waals surface area contributed by atoms with Crippen LogP contribution in [0, 0.1) is 0 Å². The molecule has 0 unspecified atom stereocenters. The van der Waals surface area contributed by atoms with E-state index in [2.05, 4.69) is 15.0 Å². The lowest BCUT2D eigenvalue weighted by Gasteiger charge is -2.00. The van der Waals surface area contributed by atoms with Crippen molar-refractivity contribution in [3.05, 3.63) is 41.5 Å². The number of methoxy groups -OCH3 is 1. The normalized spacial score (nSPS) is 10.8. The molecule has 2 aromatic rings. The van der Waals surface area contributed by atoms with Crippen molar-refractivity contribution in [2.45, 2.75) is 5.88 Å². The van der Waals surface area contributed by atoms with Crippen molar-refractivity contribution in [2.24, 2.45) is 0 Å². The monoisotopic (exact) mass is 276 g/mol. The standard InChI is InChI=1S/C13H13ClN4O/c1-19-10-5-2-9(3-6-10)4-7-11-16-12(8-14)18-13(15)17-11/h2-7H,8H2,1H3,(H2,15,16,17,18). The Bertz CT molecular complexity index is 584. The zero-order valence-electron chi connectivity index (χ0n) is 10.4. The molecule has 2 rings (SSSR count). The summed E-state index contributed by atoms with van der Waals surface area (Å²) >= 11 is 5.68. The highest BCUT2D eigenvalue weighted by Gasteiger charge is 2.00. The van der Waals surface area contributed by atoms with Gasteiger partial charge in [-0.15, -0.1) is 11.6 Å². The van der Waals surface area contributed by atoms with Gasteiger partial charge < -0.3 is 10.5 Å². The molecule has 0 spiro atoms. The zero-order valence-corrected chi connectivity index (χ0v) is 11.1. The fourth-order valence-electron chi connectivity index (χ4n) is 1.48. The Labute approximate surface area is 116 Å². The molecule has 0 amide bonds. The maximum atomic E-state index is 5.68. The van der Waals surface area contributed by atoms with Crippen molar-refractivity contribution in [3.8, 4) is 5.75 Å². The Morgan fingerprint density at radius 3 is 2.53 bits per heavy atom. The number of aromatic nitrogens is 3. The summed E-state index contributed by atoms with van der Waals surface area (Å²) in [5.41, 5.74) is 6.58. The maximum absolute atomic E-state index is 5.68. The minimum atomic E-state index is 0.167. The highest BCUT2D eigenvalue weighted by Crippen LogP contribution is 2.13. The summed E-state index contributed by atoms with van der Waals surface area (Å²) in [6, 6.07) is 7.63. The number of anilines is 1. The molecule has 0 saturated carbocycles. The van der Waals surface area contributed by atoms with Crippen LogP contribution in [0.5, 0.6) is 5.75 Å². The minimum absolute atomic E-state index is 0.167. The number of rotatable bonds is 4. The fourth-order valence-corrected chi connectivity index (χ4v) is 1.60. The average Bonchev–Trinajstić information content (AvgIpc) is 2.45. The van der Waals surface area contributed by atoms with Gasteiger partial charge in [-0.1, -0.05) is 18.2 Å². The van der Waals surface area contributed by atoms with Gasteiger partial charge in [-0.05, 0) is 23.8 Å². The van der Waals surface area contributed by atoms with E-state index in [1.165, 1.54) is 0 Å². The van der Waals surface area contributed by atoms with Gasteiger partial charge >= 0.3 is 0 Å². The summed E-state index contributed by atoms with van der Waals surface area (Å²) in [6.07, 6.45) is 3.64. The molecule has 0 saturated heterocycles. The first-order valence-electron chi connectivity index (χ1n) is 5.60. The summed E-state index contributed by atoms with van der Waals surface area (Å²) in [7, 11) is 1.63. The largest absolute Gasteiger partial charge is 0.497 e. The predicted molar refractivity (Wildman–Crippen MR) is 75.7 cm³/mol. The molecule has 0 aliphatic carbocycles. The maximum Gasteiger partial charge on any atom is 0.223 e. The van der Waals surface area contributed by atoms with Gasteiger partial charge in [0.1, 0.15) is 11.6 Å². The molecule has 0 aliphatic heterocycles. The fraction of sp³-hybridized carbons (Fsp3) is 0.154. The summed E-state index contributed by atoms with van der Waals surface area (Å²) in [5.74, 6) is 2.13. The Morgan fingerprint density at radius 1 is 1.16 bits per heavy atom. The SMILES string of the molecule is COc1ccc(C=Cc2nc(N)nc(CCl)n2)cc1. The van der Waals surface area contributed by atoms with E-state index in [1.54, 1.807) is 13.2 Å². The highest BCUT2D eigenvalue weighted by molar-refractivity contribution is 6.16. The summed E-state index contributed by atoms with van der Waals surface area (Å²) in [5, 5.41) is 0. The van der Waals surface area contributed by atoms with E-state index in [9.17, 15) is 0 Å². The van der Waals surface area contributed by atoms with Crippen molar-refractivity contribution in [3.63, 3.8) is 0 Å². The van der Waals surface area contributed by atoms with Gasteiger partial charge in [-0.3, -0.25) is 0 Å². The Kier molecular flexibility index (Phi) is 4.30. The molecule has 1 aromatic carbocycles. The molecule has 0 bridgehead atoms. The van der Waals surface area contributed by atoms with Crippen LogP contribution in [0.1, 0.15) is 17.2 Å². The van der Waals surface area contributed by atoms with E-state index < -0.39 is 0 Å². The van der Waals surface area contributed by atoms with E-state index in [-0.39, 0.29) is 11.8 Å². The molecule has 98 valence electrons. The Balaban J connectivity index is 2.19. The molecule has 0 atom stereocenters. The van der Waals surface area contributed by atoms with Crippen molar-refractivity contribution in [1.29, 1.82) is 0 Å². The third-order valence-electron chi connectivity index (χ3n) is 2.38. The number of ether oxygens (including phenoxy) is 1. The first kappa shape index (κ1) is 13.3. The number of hydrogen-bond acceptors (Lipinski definition) is 5. The van der Waals surface area contributed by atoms with Crippen molar-refractivity contribution < 1.29 is 4.74 Å². The molecule has 2 N–H and O–H groups in total. The molecule has 0 aliphatic rings. The second kappa shape index (κ2) is 6.15. The molecule has 19 heavy (non-hydrogen) atoms. The Hall–Kier alpha value is -2.14. The number of alkyl halides is 1. The number of hydrogen-bond donors (Lipinski definition) is 1. The van der Waals surface area contributed by atoms with Crippen LogP contribution >= 0.6 is 11.6 Å². The van der Waals surface area contributed by atoms with Crippen LogP contribution in [-0.4, -0.2) is 22.1 Å². The van der Waals surface area contributed by atoms with Gasteiger partial charge in [0.25, 0.3) is 0 Å². The molecule has 6 heteroatoms. The number of halogens is 1. The van der Waals surface area contributed by atoms with Crippen LogP contribution in [0.3, 0.4) is 0 Å². The lowest BCUT2D eigenvalue weighted by Crippen LogP contribution is -2.03. The van der Waals surface area contributed by atoms with Crippen molar-refractivity contribution in [1.82, 2.24) is 15.0 Å². The number of nitrogens with zero attached hydrogens (tertiary/aromatic N) is 3. The van der Waals surface area contributed by atoms with Crippen molar-refractivity contribution >= 4 is 29.7 Å². The van der Waals surface area contributed by atoms with E-state index in [1.807, 2.05) is 30.3 Å². The third kappa shape index (κ3) is 3.66. The summed E-state index contributed by atoms with van der Waals surface area (Å²) in [4.78, 5) is 12.1. The van der Waals surface area contributed by atoms with Crippen LogP contribution in [0.25, 0.3) is 12.2 Å². The van der Waals surface area contributed by atoms with Gasteiger partial charge in [0.2, 0.25) is 5.95 Å². The summed E-state index contributed by atoms with van der Waals surface area (Å²) < 4.78 is 5.09. The first-order valence-corrected chi connectivity index (χ1v) is 6.13.